The van der Waals surface area contributed by atoms with Gasteiger partial charge in [-0.3, -0.25) is 19.7 Å². The highest BCUT2D eigenvalue weighted by Gasteiger charge is 2.27. The zero-order valence-corrected chi connectivity index (χ0v) is 12.6. The molecule has 7 nitrogen and oxygen atoms in total. The van der Waals surface area contributed by atoms with Crippen LogP contribution in [0.25, 0.3) is 0 Å². The fourth-order valence-electron chi connectivity index (χ4n) is 2.25. The van der Waals surface area contributed by atoms with Gasteiger partial charge in [0.05, 0.1) is 22.4 Å². The first-order valence-electron chi connectivity index (χ1n) is 6.46. The molecule has 0 spiro atoms. The Hall–Kier alpha value is -2.74. The van der Waals surface area contributed by atoms with Gasteiger partial charge in [0.25, 0.3) is 17.7 Å². The molecule has 3 rings (SSSR count). The molecule has 0 saturated heterocycles. The number of rotatable bonds is 3. The number of hydrogen-bond donors (Lipinski definition) is 3. The van der Waals surface area contributed by atoms with Crippen molar-refractivity contribution in [1.82, 2.24) is 9.69 Å². The standard InChI is InChI=1S/C14H12N4O3S/c1-6-10(14(15-2)22-18-6)13(21)16-7-3-4-8-9(5-7)12(20)17-11(8)19/h3-5,15H,1-2H3,(H,16,21)(H,17,19,20). The maximum absolute atomic E-state index is 12.4. The largest absolute Gasteiger partial charge is 0.378 e. The van der Waals surface area contributed by atoms with Gasteiger partial charge in [-0.2, -0.15) is 4.37 Å². The minimum Gasteiger partial charge on any atom is -0.378 e. The van der Waals surface area contributed by atoms with Crippen molar-refractivity contribution in [2.24, 2.45) is 0 Å². The molecule has 1 aliphatic rings. The lowest BCUT2D eigenvalue weighted by Crippen LogP contribution is -2.19. The molecule has 0 aliphatic carbocycles. The van der Waals surface area contributed by atoms with Gasteiger partial charge < -0.3 is 10.6 Å². The average molecular weight is 316 g/mol. The molecule has 1 aliphatic heterocycles. The van der Waals surface area contributed by atoms with Gasteiger partial charge >= 0.3 is 0 Å². The number of aryl methyl sites for hydroxylation is 1. The van der Waals surface area contributed by atoms with Crippen molar-refractivity contribution in [3.05, 3.63) is 40.6 Å². The van der Waals surface area contributed by atoms with Gasteiger partial charge in [0, 0.05) is 12.7 Å². The van der Waals surface area contributed by atoms with Gasteiger partial charge in [0.1, 0.15) is 5.00 Å². The van der Waals surface area contributed by atoms with E-state index in [4.69, 9.17) is 0 Å². The Kier molecular flexibility index (Phi) is 3.38. The van der Waals surface area contributed by atoms with Gasteiger partial charge in [0.2, 0.25) is 0 Å². The monoisotopic (exact) mass is 316 g/mol. The lowest BCUT2D eigenvalue weighted by molar-refractivity contribution is 0.0878. The Morgan fingerprint density at radius 2 is 1.95 bits per heavy atom. The Labute approximate surface area is 129 Å². The Morgan fingerprint density at radius 1 is 1.23 bits per heavy atom. The summed E-state index contributed by atoms with van der Waals surface area (Å²) in [6.45, 7) is 1.75. The van der Waals surface area contributed by atoms with E-state index in [2.05, 4.69) is 20.3 Å². The summed E-state index contributed by atoms with van der Waals surface area (Å²) >= 11 is 1.21. The number of carbonyl (C=O) groups is 3. The number of nitrogens with one attached hydrogen (secondary N) is 3. The van der Waals surface area contributed by atoms with E-state index in [9.17, 15) is 14.4 Å². The average Bonchev–Trinajstić information content (AvgIpc) is 2.99. The molecule has 3 N–H and O–H groups in total. The number of amides is 3. The van der Waals surface area contributed by atoms with E-state index < -0.39 is 11.8 Å². The van der Waals surface area contributed by atoms with E-state index in [0.29, 0.717) is 27.5 Å². The molecule has 2 heterocycles. The maximum Gasteiger partial charge on any atom is 0.260 e. The summed E-state index contributed by atoms with van der Waals surface area (Å²) in [6, 6.07) is 4.59. The third kappa shape index (κ3) is 2.23. The predicted octanol–water partition coefficient (Wildman–Crippen LogP) is 1.63. The highest BCUT2D eigenvalue weighted by atomic mass is 32.1. The summed E-state index contributed by atoms with van der Waals surface area (Å²) in [5, 5.41) is 8.52. The molecule has 0 atom stereocenters. The van der Waals surface area contributed by atoms with Crippen LogP contribution in [0.1, 0.15) is 36.8 Å². The van der Waals surface area contributed by atoms with Crippen LogP contribution in [0.3, 0.4) is 0 Å². The first-order chi connectivity index (χ1) is 10.5. The van der Waals surface area contributed by atoms with Crippen molar-refractivity contribution in [2.75, 3.05) is 17.7 Å². The first kappa shape index (κ1) is 14.2. The highest BCUT2D eigenvalue weighted by molar-refractivity contribution is 7.10. The SMILES string of the molecule is CNc1snc(C)c1C(=O)Nc1ccc2c(c1)C(=O)NC2=O. The maximum atomic E-state index is 12.4. The predicted molar refractivity (Wildman–Crippen MR) is 82.6 cm³/mol. The van der Waals surface area contributed by atoms with Gasteiger partial charge in [-0.05, 0) is 36.7 Å². The van der Waals surface area contributed by atoms with Crippen molar-refractivity contribution in [2.45, 2.75) is 6.92 Å². The molecule has 1 aromatic carbocycles. The van der Waals surface area contributed by atoms with E-state index in [1.165, 1.54) is 23.7 Å². The summed E-state index contributed by atoms with van der Waals surface area (Å²) in [5.74, 6) is -1.20. The van der Waals surface area contributed by atoms with Crippen LogP contribution in [0.2, 0.25) is 0 Å². The fraction of sp³-hybridized carbons (Fsp3) is 0.143. The number of hydrogen-bond acceptors (Lipinski definition) is 6. The molecule has 8 heteroatoms. The van der Waals surface area contributed by atoms with Crippen LogP contribution in [-0.4, -0.2) is 29.1 Å². The second-order valence-electron chi connectivity index (χ2n) is 4.72. The number of carbonyl (C=O) groups excluding carboxylic acids is 3. The lowest BCUT2D eigenvalue weighted by Gasteiger charge is -2.07. The Morgan fingerprint density at radius 3 is 2.68 bits per heavy atom. The van der Waals surface area contributed by atoms with Crippen LogP contribution in [0.4, 0.5) is 10.7 Å². The van der Waals surface area contributed by atoms with E-state index in [1.54, 1.807) is 20.0 Å². The molecule has 112 valence electrons. The van der Waals surface area contributed by atoms with Gasteiger partial charge in [-0.1, -0.05) is 0 Å². The molecule has 2 aromatic rings. The highest BCUT2D eigenvalue weighted by Crippen LogP contribution is 2.26. The third-order valence-electron chi connectivity index (χ3n) is 3.31. The second kappa shape index (κ2) is 5.23. The second-order valence-corrected chi connectivity index (χ2v) is 5.49. The lowest BCUT2D eigenvalue weighted by atomic mass is 10.1. The minimum absolute atomic E-state index is 0.261. The molecular weight excluding hydrogens is 304 g/mol. The quantitative estimate of drug-likeness (QED) is 0.747. The Balaban J connectivity index is 1.89. The zero-order chi connectivity index (χ0) is 15.9. The smallest absolute Gasteiger partial charge is 0.260 e. The number of benzene rings is 1. The number of anilines is 2. The van der Waals surface area contributed by atoms with Crippen LogP contribution in [0, 0.1) is 6.92 Å². The number of aromatic nitrogens is 1. The summed E-state index contributed by atoms with van der Waals surface area (Å²) in [4.78, 5) is 35.5. The summed E-state index contributed by atoms with van der Waals surface area (Å²) in [6.07, 6.45) is 0. The molecule has 0 fully saturated rings. The molecule has 0 saturated carbocycles. The molecule has 0 bridgehead atoms. The van der Waals surface area contributed by atoms with Gasteiger partial charge in [-0.15, -0.1) is 0 Å². The summed E-state index contributed by atoms with van der Waals surface area (Å²) < 4.78 is 4.14. The molecule has 0 radical (unpaired) electrons. The number of nitrogens with zero attached hydrogens (tertiary/aromatic N) is 1. The normalized spacial score (nSPS) is 12.8. The van der Waals surface area contributed by atoms with Crippen LogP contribution >= 0.6 is 11.5 Å². The van der Waals surface area contributed by atoms with E-state index in [1.807, 2.05) is 0 Å². The van der Waals surface area contributed by atoms with E-state index in [0.717, 1.165) is 0 Å². The number of fused-ring (bicyclic) bond motifs is 1. The van der Waals surface area contributed by atoms with Crippen molar-refractivity contribution in [3.8, 4) is 0 Å². The Bertz CT molecular complexity index is 812. The van der Waals surface area contributed by atoms with Crippen LogP contribution in [0.5, 0.6) is 0 Å². The van der Waals surface area contributed by atoms with Crippen LogP contribution in [-0.2, 0) is 0 Å². The van der Waals surface area contributed by atoms with E-state index in [-0.39, 0.29) is 11.5 Å². The van der Waals surface area contributed by atoms with Crippen molar-refractivity contribution in [1.29, 1.82) is 0 Å². The van der Waals surface area contributed by atoms with Crippen molar-refractivity contribution >= 4 is 39.9 Å². The van der Waals surface area contributed by atoms with Crippen molar-refractivity contribution < 1.29 is 14.4 Å². The topological polar surface area (TPSA) is 100 Å². The summed E-state index contributed by atoms with van der Waals surface area (Å²) in [7, 11) is 1.72. The zero-order valence-electron chi connectivity index (χ0n) is 11.8. The molecule has 3 amide bonds. The van der Waals surface area contributed by atoms with Crippen LogP contribution in [0.15, 0.2) is 18.2 Å². The van der Waals surface area contributed by atoms with Gasteiger partial charge in [-0.25, -0.2) is 0 Å². The third-order valence-corrected chi connectivity index (χ3v) is 4.27. The minimum atomic E-state index is -0.458. The molecule has 1 aromatic heterocycles. The fourth-order valence-corrected chi connectivity index (χ4v) is 2.99. The van der Waals surface area contributed by atoms with E-state index >= 15 is 0 Å². The number of imide groups is 1. The molecule has 22 heavy (non-hydrogen) atoms. The van der Waals surface area contributed by atoms with Gasteiger partial charge in [0.15, 0.2) is 0 Å². The molecular formula is C14H12N4O3S. The first-order valence-corrected chi connectivity index (χ1v) is 7.23. The van der Waals surface area contributed by atoms with Crippen LogP contribution < -0.4 is 16.0 Å². The molecule has 0 unspecified atom stereocenters. The summed E-state index contributed by atoms with van der Waals surface area (Å²) in [5.41, 5.74) is 2.11. The van der Waals surface area contributed by atoms with Crippen molar-refractivity contribution in [3.63, 3.8) is 0 Å².